The highest BCUT2D eigenvalue weighted by atomic mass is 19.4. The fraction of sp³-hybridized carbons (Fsp3) is 0.267. The summed E-state index contributed by atoms with van der Waals surface area (Å²) < 4.78 is 45.0. The Hall–Kier alpha value is -2.68. The number of nitrogens with one attached hydrogen (secondary N) is 1. The zero-order chi connectivity index (χ0) is 17.2. The van der Waals surface area contributed by atoms with Crippen LogP contribution in [0.3, 0.4) is 0 Å². The maximum absolute atomic E-state index is 13.4. The molecule has 24 heavy (non-hydrogen) atoms. The summed E-state index contributed by atoms with van der Waals surface area (Å²) >= 11 is 0. The minimum absolute atomic E-state index is 0.164. The number of aromatic nitrogens is 3. The summed E-state index contributed by atoms with van der Waals surface area (Å²) in [5.41, 5.74) is -2.94. The normalized spacial score (nSPS) is 14.5. The van der Waals surface area contributed by atoms with E-state index in [1.165, 1.54) is 36.8 Å². The van der Waals surface area contributed by atoms with Crippen LogP contribution in [0.4, 0.5) is 19.0 Å². The first-order chi connectivity index (χ1) is 11.4. The van der Waals surface area contributed by atoms with Crippen LogP contribution in [-0.2, 0) is 5.60 Å². The number of anilines is 1. The Balaban J connectivity index is 1.79. The largest absolute Gasteiger partial charge is 0.421 e. The molecule has 0 radical (unpaired) electrons. The van der Waals surface area contributed by atoms with E-state index in [-0.39, 0.29) is 17.8 Å². The van der Waals surface area contributed by atoms with E-state index < -0.39 is 18.2 Å². The second kappa shape index (κ2) is 6.08. The van der Waals surface area contributed by atoms with Gasteiger partial charge in [-0.05, 0) is 5.56 Å². The summed E-state index contributed by atoms with van der Waals surface area (Å²) in [4.78, 5) is 7.78. The fourth-order valence-electron chi connectivity index (χ4n) is 2.36. The second-order valence-corrected chi connectivity index (χ2v) is 5.17. The van der Waals surface area contributed by atoms with E-state index in [9.17, 15) is 18.3 Å². The third-order valence-electron chi connectivity index (χ3n) is 3.67. The number of rotatable bonds is 5. The number of benzene rings is 1. The van der Waals surface area contributed by atoms with E-state index in [4.69, 9.17) is 4.52 Å². The van der Waals surface area contributed by atoms with Gasteiger partial charge in [0.2, 0.25) is 0 Å². The SMILES string of the molecule is O[C@@](CCNc1ncnc2oncc12)(c1ccccc1)C(F)(F)F. The van der Waals surface area contributed by atoms with Gasteiger partial charge in [0.25, 0.3) is 5.71 Å². The molecule has 3 rings (SSSR count). The Kier molecular flexibility index (Phi) is 4.10. The van der Waals surface area contributed by atoms with Crippen LogP contribution in [0, 0.1) is 0 Å². The second-order valence-electron chi connectivity index (χ2n) is 5.17. The van der Waals surface area contributed by atoms with E-state index in [2.05, 4.69) is 20.4 Å². The van der Waals surface area contributed by atoms with Gasteiger partial charge >= 0.3 is 6.18 Å². The minimum Gasteiger partial charge on any atom is -0.376 e. The number of hydrogen-bond donors (Lipinski definition) is 2. The molecule has 1 aromatic carbocycles. The van der Waals surface area contributed by atoms with Crippen molar-refractivity contribution in [2.24, 2.45) is 0 Å². The molecule has 6 nitrogen and oxygen atoms in total. The lowest BCUT2D eigenvalue weighted by Crippen LogP contribution is -2.43. The van der Waals surface area contributed by atoms with Crippen LogP contribution in [0.15, 0.2) is 47.4 Å². The summed E-state index contributed by atoms with van der Waals surface area (Å²) in [7, 11) is 0. The molecule has 126 valence electrons. The molecule has 2 aromatic heterocycles. The number of fused-ring (bicyclic) bond motifs is 1. The molecule has 0 spiro atoms. The van der Waals surface area contributed by atoms with E-state index in [0.717, 1.165) is 0 Å². The quantitative estimate of drug-likeness (QED) is 0.744. The van der Waals surface area contributed by atoms with Crippen LogP contribution in [-0.4, -0.2) is 33.0 Å². The zero-order valence-electron chi connectivity index (χ0n) is 12.3. The lowest BCUT2D eigenvalue weighted by molar-refractivity contribution is -0.268. The summed E-state index contributed by atoms with van der Waals surface area (Å²) in [6.45, 7) is -0.164. The minimum atomic E-state index is -4.81. The van der Waals surface area contributed by atoms with Gasteiger partial charge in [-0.1, -0.05) is 35.5 Å². The van der Waals surface area contributed by atoms with Crippen molar-refractivity contribution in [2.45, 2.75) is 18.2 Å². The van der Waals surface area contributed by atoms with Gasteiger partial charge in [0, 0.05) is 13.0 Å². The smallest absolute Gasteiger partial charge is 0.376 e. The van der Waals surface area contributed by atoms with Gasteiger partial charge in [-0.3, -0.25) is 0 Å². The van der Waals surface area contributed by atoms with Crippen LogP contribution < -0.4 is 5.32 Å². The van der Waals surface area contributed by atoms with Crippen molar-refractivity contribution < 1.29 is 22.8 Å². The van der Waals surface area contributed by atoms with Crippen molar-refractivity contribution >= 4 is 16.9 Å². The van der Waals surface area contributed by atoms with E-state index >= 15 is 0 Å². The average Bonchev–Trinajstić information content (AvgIpc) is 3.04. The van der Waals surface area contributed by atoms with Crippen molar-refractivity contribution in [1.82, 2.24) is 15.1 Å². The average molecular weight is 338 g/mol. The number of hydrogen-bond acceptors (Lipinski definition) is 6. The van der Waals surface area contributed by atoms with Crippen molar-refractivity contribution in [3.63, 3.8) is 0 Å². The molecule has 0 fully saturated rings. The van der Waals surface area contributed by atoms with Gasteiger partial charge in [0.05, 0.1) is 6.20 Å². The molecular weight excluding hydrogens is 325 g/mol. The molecule has 0 aliphatic carbocycles. The number of aliphatic hydroxyl groups is 1. The van der Waals surface area contributed by atoms with Crippen molar-refractivity contribution in [3.05, 3.63) is 48.4 Å². The zero-order valence-corrected chi connectivity index (χ0v) is 12.3. The molecule has 2 N–H and O–H groups in total. The third-order valence-corrected chi connectivity index (χ3v) is 3.67. The third kappa shape index (κ3) is 2.90. The highest BCUT2D eigenvalue weighted by Crippen LogP contribution is 2.41. The summed E-state index contributed by atoms with van der Waals surface area (Å²) in [6.07, 6.45) is -2.82. The molecule has 2 heterocycles. The van der Waals surface area contributed by atoms with Crippen LogP contribution in [0.5, 0.6) is 0 Å². The summed E-state index contributed by atoms with van der Waals surface area (Å²) in [5.74, 6) is 0.291. The van der Waals surface area contributed by atoms with Gasteiger partial charge in [-0.25, -0.2) is 4.98 Å². The highest BCUT2D eigenvalue weighted by molar-refractivity contribution is 5.84. The molecule has 0 saturated heterocycles. The Bertz CT molecular complexity index is 822. The van der Waals surface area contributed by atoms with Crippen LogP contribution in [0.1, 0.15) is 12.0 Å². The van der Waals surface area contributed by atoms with Crippen molar-refractivity contribution in [2.75, 3.05) is 11.9 Å². The monoisotopic (exact) mass is 338 g/mol. The van der Waals surface area contributed by atoms with Crippen LogP contribution >= 0.6 is 0 Å². The highest BCUT2D eigenvalue weighted by Gasteiger charge is 2.54. The molecule has 0 saturated carbocycles. The predicted octanol–water partition coefficient (Wildman–Crippen LogP) is 2.87. The maximum Gasteiger partial charge on any atom is 0.421 e. The van der Waals surface area contributed by atoms with Gasteiger partial charge in [0.15, 0.2) is 5.60 Å². The first kappa shape index (κ1) is 16.2. The number of alkyl halides is 3. The Morgan fingerprint density at radius 3 is 2.58 bits per heavy atom. The fourth-order valence-corrected chi connectivity index (χ4v) is 2.36. The Morgan fingerprint density at radius 2 is 1.88 bits per heavy atom. The maximum atomic E-state index is 13.4. The number of nitrogens with zero attached hydrogens (tertiary/aromatic N) is 3. The van der Waals surface area contributed by atoms with Gasteiger partial charge in [-0.2, -0.15) is 18.2 Å². The van der Waals surface area contributed by atoms with E-state index in [0.29, 0.717) is 11.2 Å². The molecule has 0 amide bonds. The first-order valence-corrected chi connectivity index (χ1v) is 7.06. The molecule has 9 heteroatoms. The van der Waals surface area contributed by atoms with Crippen molar-refractivity contribution in [3.8, 4) is 0 Å². The molecule has 0 aliphatic rings. The van der Waals surface area contributed by atoms with Crippen LogP contribution in [0.25, 0.3) is 11.1 Å². The van der Waals surface area contributed by atoms with E-state index in [1.807, 2.05) is 0 Å². The van der Waals surface area contributed by atoms with Gasteiger partial charge in [-0.15, -0.1) is 0 Å². The molecule has 1 atom stereocenters. The van der Waals surface area contributed by atoms with Gasteiger partial charge < -0.3 is 14.9 Å². The molecular formula is C15H13F3N4O2. The standard InChI is InChI=1S/C15H13F3N4O2/c16-15(17,18)14(23,10-4-2-1-3-5-10)6-7-19-12-11-8-22-24-13(11)21-9-20-12/h1-5,8-9,23H,6-7H2,(H,19,20,21)/t14-/m0/s1. The molecule has 0 aliphatic heterocycles. The topological polar surface area (TPSA) is 84.1 Å². The molecule has 0 unspecified atom stereocenters. The predicted molar refractivity (Wildman–Crippen MR) is 79.1 cm³/mol. The van der Waals surface area contributed by atoms with E-state index in [1.54, 1.807) is 6.07 Å². The lowest BCUT2D eigenvalue weighted by atomic mass is 9.89. The summed E-state index contributed by atoms with van der Waals surface area (Å²) in [5, 5.41) is 17.0. The molecule has 0 bridgehead atoms. The molecule has 3 aromatic rings. The van der Waals surface area contributed by atoms with Crippen molar-refractivity contribution in [1.29, 1.82) is 0 Å². The van der Waals surface area contributed by atoms with Gasteiger partial charge in [0.1, 0.15) is 17.5 Å². The van der Waals surface area contributed by atoms with Crippen LogP contribution in [0.2, 0.25) is 0 Å². The number of halogens is 3. The first-order valence-electron chi connectivity index (χ1n) is 7.06. The Labute approximate surface area is 134 Å². The summed E-state index contributed by atoms with van der Waals surface area (Å²) in [6, 6.07) is 6.98. The lowest BCUT2D eigenvalue weighted by Gasteiger charge is -2.31. The Morgan fingerprint density at radius 1 is 1.12 bits per heavy atom.